The Bertz CT molecular complexity index is 656. The highest BCUT2D eigenvalue weighted by atomic mass is 16.3. The highest BCUT2D eigenvalue weighted by Crippen LogP contribution is 2.36. The molecule has 0 fully saturated rings. The van der Waals surface area contributed by atoms with Crippen molar-refractivity contribution in [3.63, 3.8) is 0 Å². The molecule has 0 saturated carbocycles. The first-order valence-corrected chi connectivity index (χ1v) is 5.57. The van der Waals surface area contributed by atoms with Crippen molar-refractivity contribution >= 4 is 12.1 Å². The van der Waals surface area contributed by atoms with Gasteiger partial charge >= 0.3 is 0 Å². The molecule has 0 spiro atoms. The summed E-state index contributed by atoms with van der Waals surface area (Å²) in [5.41, 5.74) is 2.72. The Labute approximate surface area is 113 Å². The van der Waals surface area contributed by atoms with Crippen LogP contribution in [0, 0.1) is 0 Å². The van der Waals surface area contributed by atoms with E-state index in [9.17, 15) is 15.0 Å². The van der Waals surface area contributed by atoms with Gasteiger partial charge in [0.1, 0.15) is 0 Å². The summed E-state index contributed by atoms with van der Waals surface area (Å²) in [7, 11) is 0. The van der Waals surface area contributed by atoms with Gasteiger partial charge in [0, 0.05) is 18.0 Å². The zero-order chi connectivity index (χ0) is 14.5. The van der Waals surface area contributed by atoms with Crippen molar-refractivity contribution in [1.82, 2.24) is 10.4 Å². The van der Waals surface area contributed by atoms with Crippen molar-refractivity contribution in [3.8, 4) is 17.2 Å². The van der Waals surface area contributed by atoms with Gasteiger partial charge in [0.25, 0.3) is 5.91 Å². The van der Waals surface area contributed by atoms with Gasteiger partial charge in [0.15, 0.2) is 11.5 Å². The molecule has 0 saturated heterocycles. The number of carbonyl (C=O) groups is 1. The molecule has 0 aliphatic carbocycles. The van der Waals surface area contributed by atoms with E-state index in [1.165, 1.54) is 24.5 Å². The van der Waals surface area contributed by atoms with Gasteiger partial charge in [-0.15, -0.1) is 0 Å². The molecule has 0 radical (unpaired) electrons. The third-order valence-corrected chi connectivity index (χ3v) is 2.45. The molecular formula is C13H11N3O4. The topological polar surface area (TPSA) is 115 Å². The lowest BCUT2D eigenvalue weighted by Gasteiger charge is -2.03. The third-order valence-electron chi connectivity index (χ3n) is 2.45. The Hall–Kier alpha value is -3.09. The van der Waals surface area contributed by atoms with E-state index in [4.69, 9.17) is 5.11 Å². The maximum atomic E-state index is 11.6. The highest BCUT2D eigenvalue weighted by molar-refractivity contribution is 5.94. The molecular weight excluding hydrogens is 262 g/mol. The monoisotopic (exact) mass is 273 g/mol. The summed E-state index contributed by atoms with van der Waals surface area (Å²) in [6, 6.07) is 5.72. The van der Waals surface area contributed by atoms with E-state index < -0.39 is 23.2 Å². The van der Waals surface area contributed by atoms with Crippen LogP contribution in [0.5, 0.6) is 17.2 Å². The van der Waals surface area contributed by atoms with E-state index in [-0.39, 0.29) is 5.56 Å². The summed E-state index contributed by atoms with van der Waals surface area (Å²) in [5, 5.41) is 31.7. The van der Waals surface area contributed by atoms with Crippen molar-refractivity contribution in [1.29, 1.82) is 0 Å². The standard InChI is InChI=1S/C13H11N3O4/c17-10-4-3-8(11(18)12(10)19)7-15-16-13(20)9-2-1-5-14-6-9/h1-7,17-19H,(H,16,20). The van der Waals surface area contributed by atoms with Gasteiger partial charge in [-0.2, -0.15) is 5.10 Å². The first kappa shape index (κ1) is 13.3. The van der Waals surface area contributed by atoms with E-state index in [0.717, 1.165) is 6.21 Å². The van der Waals surface area contributed by atoms with Crippen molar-refractivity contribution in [2.75, 3.05) is 0 Å². The number of aromatic nitrogens is 1. The molecule has 0 bridgehead atoms. The average molecular weight is 273 g/mol. The minimum absolute atomic E-state index is 0.145. The number of hydrogen-bond donors (Lipinski definition) is 4. The fourth-order valence-corrected chi connectivity index (χ4v) is 1.41. The smallest absolute Gasteiger partial charge is 0.272 e. The van der Waals surface area contributed by atoms with Crippen LogP contribution in [0.3, 0.4) is 0 Å². The second-order valence-corrected chi connectivity index (χ2v) is 3.81. The number of nitrogens with zero attached hydrogens (tertiary/aromatic N) is 2. The lowest BCUT2D eigenvalue weighted by atomic mass is 10.2. The van der Waals surface area contributed by atoms with Gasteiger partial charge in [-0.3, -0.25) is 9.78 Å². The molecule has 20 heavy (non-hydrogen) atoms. The maximum absolute atomic E-state index is 11.6. The second kappa shape index (κ2) is 5.70. The number of aromatic hydroxyl groups is 3. The molecule has 1 aromatic heterocycles. The number of hydrogen-bond acceptors (Lipinski definition) is 6. The zero-order valence-electron chi connectivity index (χ0n) is 10.2. The van der Waals surface area contributed by atoms with Crippen LogP contribution >= 0.6 is 0 Å². The number of carbonyl (C=O) groups excluding carboxylic acids is 1. The zero-order valence-corrected chi connectivity index (χ0v) is 10.2. The Morgan fingerprint density at radius 2 is 2.00 bits per heavy atom. The van der Waals surface area contributed by atoms with Crippen LogP contribution < -0.4 is 5.43 Å². The number of hydrazone groups is 1. The van der Waals surface area contributed by atoms with Crippen LogP contribution in [-0.4, -0.2) is 32.4 Å². The highest BCUT2D eigenvalue weighted by Gasteiger charge is 2.09. The van der Waals surface area contributed by atoms with Crippen molar-refractivity contribution in [2.45, 2.75) is 0 Å². The van der Waals surface area contributed by atoms with Crippen LogP contribution in [-0.2, 0) is 0 Å². The van der Waals surface area contributed by atoms with E-state index >= 15 is 0 Å². The van der Waals surface area contributed by atoms with Gasteiger partial charge in [-0.05, 0) is 24.3 Å². The second-order valence-electron chi connectivity index (χ2n) is 3.81. The van der Waals surface area contributed by atoms with Gasteiger partial charge in [0.2, 0.25) is 5.75 Å². The predicted octanol–water partition coefficient (Wildman–Crippen LogP) is 0.962. The number of benzene rings is 1. The van der Waals surface area contributed by atoms with Crippen molar-refractivity contribution in [2.24, 2.45) is 5.10 Å². The average Bonchev–Trinajstić information content (AvgIpc) is 2.48. The minimum atomic E-state index is -0.646. The number of amides is 1. The fourth-order valence-electron chi connectivity index (χ4n) is 1.41. The van der Waals surface area contributed by atoms with Crippen LogP contribution in [0.2, 0.25) is 0 Å². The molecule has 2 aromatic rings. The normalized spacial score (nSPS) is 10.6. The predicted molar refractivity (Wildman–Crippen MR) is 70.7 cm³/mol. The number of phenolic OH excluding ortho intramolecular Hbond substituents is 3. The molecule has 7 heteroatoms. The van der Waals surface area contributed by atoms with Crippen LogP contribution in [0.25, 0.3) is 0 Å². The molecule has 0 unspecified atom stereocenters. The van der Waals surface area contributed by atoms with Crippen LogP contribution in [0.1, 0.15) is 15.9 Å². The molecule has 1 aromatic carbocycles. The molecule has 1 heterocycles. The summed E-state index contributed by atoms with van der Waals surface area (Å²) in [5.74, 6) is -2.08. The fraction of sp³-hybridized carbons (Fsp3) is 0. The summed E-state index contributed by atoms with van der Waals surface area (Å²) >= 11 is 0. The first-order valence-electron chi connectivity index (χ1n) is 5.57. The van der Waals surface area contributed by atoms with Crippen LogP contribution in [0.4, 0.5) is 0 Å². The third kappa shape index (κ3) is 2.83. The summed E-state index contributed by atoms with van der Waals surface area (Å²) < 4.78 is 0. The van der Waals surface area contributed by atoms with Crippen molar-refractivity contribution in [3.05, 3.63) is 47.8 Å². The number of pyridine rings is 1. The number of nitrogens with one attached hydrogen (secondary N) is 1. The Morgan fingerprint density at radius 1 is 1.20 bits per heavy atom. The first-order chi connectivity index (χ1) is 9.59. The van der Waals surface area contributed by atoms with Gasteiger partial charge in [0.05, 0.1) is 11.8 Å². The quantitative estimate of drug-likeness (QED) is 0.378. The lowest BCUT2D eigenvalue weighted by molar-refractivity contribution is 0.0954. The van der Waals surface area contributed by atoms with Gasteiger partial charge in [-0.25, -0.2) is 5.43 Å². The van der Waals surface area contributed by atoms with Crippen molar-refractivity contribution < 1.29 is 20.1 Å². The molecule has 7 nitrogen and oxygen atoms in total. The molecule has 0 aliphatic rings. The molecule has 2 rings (SSSR count). The Kier molecular flexibility index (Phi) is 3.80. The van der Waals surface area contributed by atoms with Gasteiger partial charge < -0.3 is 15.3 Å². The summed E-state index contributed by atoms with van der Waals surface area (Å²) in [6.07, 6.45) is 4.06. The number of phenols is 3. The van der Waals surface area contributed by atoms with Crippen LogP contribution in [0.15, 0.2) is 41.8 Å². The van der Waals surface area contributed by atoms with E-state index in [1.807, 2.05) is 0 Å². The molecule has 0 aliphatic heterocycles. The number of rotatable bonds is 3. The van der Waals surface area contributed by atoms with E-state index in [0.29, 0.717) is 5.56 Å². The molecule has 4 N–H and O–H groups in total. The molecule has 0 atom stereocenters. The molecule has 102 valence electrons. The largest absolute Gasteiger partial charge is 0.504 e. The summed E-state index contributed by atoms with van der Waals surface area (Å²) in [6.45, 7) is 0. The molecule has 1 amide bonds. The Balaban J connectivity index is 2.08. The lowest BCUT2D eigenvalue weighted by Crippen LogP contribution is -2.17. The van der Waals surface area contributed by atoms with Gasteiger partial charge in [-0.1, -0.05) is 0 Å². The minimum Gasteiger partial charge on any atom is -0.504 e. The van der Waals surface area contributed by atoms with E-state index in [2.05, 4.69) is 15.5 Å². The van der Waals surface area contributed by atoms with E-state index in [1.54, 1.807) is 12.1 Å². The maximum Gasteiger partial charge on any atom is 0.272 e. The SMILES string of the molecule is O=C(NN=Cc1ccc(O)c(O)c1O)c1cccnc1. The summed E-state index contributed by atoms with van der Waals surface area (Å²) in [4.78, 5) is 15.4. The Morgan fingerprint density at radius 3 is 2.70 bits per heavy atom.